The van der Waals surface area contributed by atoms with E-state index in [2.05, 4.69) is 22.4 Å². The van der Waals surface area contributed by atoms with E-state index < -0.39 is 18.2 Å². The van der Waals surface area contributed by atoms with Crippen molar-refractivity contribution < 1.29 is 19.7 Å². The Morgan fingerprint density at radius 2 is 1.51 bits per heavy atom. The highest BCUT2D eigenvalue weighted by Gasteiger charge is 2.28. The molecule has 3 aromatic carbocycles. The molecule has 0 bridgehead atoms. The molecule has 0 spiro atoms. The van der Waals surface area contributed by atoms with Crippen LogP contribution in [0.5, 0.6) is 5.88 Å². The van der Waals surface area contributed by atoms with E-state index in [0.29, 0.717) is 12.3 Å². The largest absolute Gasteiger partial charge is 0.481 e. The fourth-order valence-electron chi connectivity index (χ4n) is 4.89. The average Bonchev–Trinajstić information content (AvgIpc) is 2.96. The molecule has 4 rings (SSSR count). The highest BCUT2D eigenvalue weighted by molar-refractivity contribution is 5.65. The van der Waals surface area contributed by atoms with Crippen molar-refractivity contribution in [2.45, 2.75) is 43.4 Å². The number of hydrogen-bond acceptors (Lipinski definition) is 5. The maximum absolute atomic E-state index is 11.6. The van der Waals surface area contributed by atoms with E-state index >= 15 is 0 Å². The molecule has 1 unspecified atom stereocenters. The Bertz CT molecular complexity index is 1320. The topological polar surface area (TPSA) is 118 Å². The van der Waals surface area contributed by atoms with Crippen molar-refractivity contribution in [3.63, 3.8) is 0 Å². The third-order valence-electron chi connectivity index (χ3n) is 6.97. The summed E-state index contributed by atoms with van der Waals surface area (Å²) in [4.78, 5) is 16.1. The fourth-order valence-corrected chi connectivity index (χ4v) is 4.89. The number of rotatable bonds is 12. The number of amides is 1. The van der Waals surface area contributed by atoms with Crippen molar-refractivity contribution in [1.29, 1.82) is 0 Å². The summed E-state index contributed by atoms with van der Waals surface area (Å²) in [6, 6.07) is 32.3. The Labute approximate surface area is 229 Å². The molecular weight excluding hydrogens is 490 g/mol. The lowest BCUT2D eigenvalue weighted by atomic mass is 9.82. The van der Waals surface area contributed by atoms with Gasteiger partial charge in [0.05, 0.1) is 24.9 Å². The van der Waals surface area contributed by atoms with Crippen molar-refractivity contribution in [1.82, 2.24) is 10.3 Å². The highest BCUT2D eigenvalue weighted by atomic mass is 16.5. The van der Waals surface area contributed by atoms with Crippen molar-refractivity contribution in [2.75, 3.05) is 7.11 Å². The summed E-state index contributed by atoms with van der Waals surface area (Å²) in [6.45, 7) is 0. The first kappa shape index (κ1) is 27.8. The van der Waals surface area contributed by atoms with Gasteiger partial charge in [0.1, 0.15) is 0 Å². The SMILES string of the molecule is COc1cccc(-c2ccc(C[C@H](NC(=O)O)[C@H](O)C[C@H](N)C(Cc3ccccc3)c3ccccc3)cc2)n1. The van der Waals surface area contributed by atoms with E-state index in [1.807, 2.05) is 84.9 Å². The van der Waals surface area contributed by atoms with Crippen LogP contribution in [-0.2, 0) is 12.8 Å². The molecule has 7 nitrogen and oxygen atoms in total. The van der Waals surface area contributed by atoms with Crippen LogP contribution in [0.1, 0.15) is 29.0 Å². The minimum atomic E-state index is -1.19. The summed E-state index contributed by atoms with van der Waals surface area (Å²) in [5, 5.41) is 23.2. The predicted octanol–water partition coefficient (Wildman–Crippen LogP) is 5.04. The first-order chi connectivity index (χ1) is 18.9. The van der Waals surface area contributed by atoms with Gasteiger partial charge in [-0.15, -0.1) is 0 Å². The van der Waals surface area contributed by atoms with Crippen LogP contribution in [0.4, 0.5) is 4.79 Å². The van der Waals surface area contributed by atoms with Crippen LogP contribution in [0.15, 0.2) is 103 Å². The lowest BCUT2D eigenvalue weighted by Gasteiger charge is -2.30. The summed E-state index contributed by atoms with van der Waals surface area (Å²) in [6.07, 6.45) is -0.883. The number of aromatic nitrogens is 1. The van der Waals surface area contributed by atoms with Gasteiger partial charge < -0.3 is 26.0 Å². The third-order valence-corrected chi connectivity index (χ3v) is 6.97. The van der Waals surface area contributed by atoms with Crippen molar-refractivity contribution in [3.8, 4) is 17.1 Å². The van der Waals surface area contributed by atoms with Gasteiger partial charge in [-0.3, -0.25) is 0 Å². The number of pyridine rings is 1. The molecule has 5 N–H and O–H groups in total. The monoisotopic (exact) mass is 525 g/mol. The molecule has 0 saturated carbocycles. The van der Waals surface area contributed by atoms with Gasteiger partial charge in [0.2, 0.25) is 5.88 Å². The molecule has 0 aliphatic rings. The molecule has 4 atom stereocenters. The summed E-state index contributed by atoms with van der Waals surface area (Å²) in [7, 11) is 1.58. The number of aliphatic hydroxyl groups excluding tert-OH is 1. The van der Waals surface area contributed by atoms with Gasteiger partial charge in [-0.2, -0.15) is 0 Å². The van der Waals surface area contributed by atoms with Crippen molar-refractivity contribution >= 4 is 6.09 Å². The molecule has 0 radical (unpaired) electrons. The summed E-state index contributed by atoms with van der Waals surface area (Å²) < 4.78 is 5.21. The Hall–Kier alpha value is -4.20. The zero-order chi connectivity index (χ0) is 27.6. The number of nitrogens with one attached hydrogen (secondary N) is 1. The van der Waals surface area contributed by atoms with E-state index in [9.17, 15) is 15.0 Å². The van der Waals surface area contributed by atoms with Gasteiger partial charge in [0.25, 0.3) is 0 Å². The first-order valence-corrected chi connectivity index (χ1v) is 13.0. The van der Waals surface area contributed by atoms with Crippen LogP contribution in [0.2, 0.25) is 0 Å². The molecule has 1 aromatic heterocycles. The van der Waals surface area contributed by atoms with Crippen LogP contribution in [0, 0.1) is 0 Å². The molecule has 1 amide bonds. The number of nitrogens with zero attached hydrogens (tertiary/aromatic N) is 1. The van der Waals surface area contributed by atoms with Crippen LogP contribution >= 0.6 is 0 Å². The molecule has 4 aromatic rings. The number of aliphatic hydroxyl groups is 1. The lowest BCUT2D eigenvalue weighted by Crippen LogP contribution is -2.47. The van der Waals surface area contributed by atoms with Crippen LogP contribution in [0.25, 0.3) is 11.3 Å². The number of nitrogens with two attached hydrogens (primary N) is 1. The Kier molecular flexibility index (Phi) is 9.67. The highest BCUT2D eigenvalue weighted by Crippen LogP contribution is 2.27. The van der Waals surface area contributed by atoms with Gasteiger partial charge >= 0.3 is 6.09 Å². The molecule has 0 saturated heterocycles. The van der Waals surface area contributed by atoms with Crippen LogP contribution < -0.4 is 15.8 Å². The van der Waals surface area contributed by atoms with E-state index in [0.717, 1.165) is 34.4 Å². The van der Waals surface area contributed by atoms with Gasteiger partial charge in [-0.25, -0.2) is 9.78 Å². The second-order valence-corrected chi connectivity index (χ2v) is 9.70. The van der Waals surface area contributed by atoms with Crippen molar-refractivity contribution in [3.05, 3.63) is 120 Å². The number of hydrogen-bond donors (Lipinski definition) is 4. The van der Waals surface area contributed by atoms with Gasteiger partial charge in [0, 0.05) is 23.6 Å². The van der Waals surface area contributed by atoms with E-state index in [4.69, 9.17) is 10.5 Å². The normalized spacial score (nSPS) is 14.1. The van der Waals surface area contributed by atoms with Crippen molar-refractivity contribution in [2.24, 2.45) is 5.73 Å². The van der Waals surface area contributed by atoms with Gasteiger partial charge in [-0.1, -0.05) is 91.0 Å². The van der Waals surface area contributed by atoms with E-state index in [1.54, 1.807) is 13.2 Å². The molecule has 0 aliphatic heterocycles. The van der Waals surface area contributed by atoms with Crippen LogP contribution in [-0.4, -0.2) is 46.6 Å². The predicted molar refractivity (Wildman–Crippen MR) is 153 cm³/mol. The zero-order valence-corrected chi connectivity index (χ0v) is 22.0. The standard InChI is InChI=1S/C32H35N3O4/c1-39-31-14-8-13-28(34-31)25-17-15-23(16-18-25)20-29(35-32(37)38)30(36)21-27(33)26(24-11-6-3-7-12-24)19-22-9-4-2-5-10-22/h2-18,26-27,29-30,35-36H,19-21,33H2,1H3,(H,37,38)/t26?,27-,29-,30+/m0/s1. The molecule has 1 heterocycles. The number of benzene rings is 3. The second kappa shape index (κ2) is 13.6. The first-order valence-electron chi connectivity index (χ1n) is 13.0. The molecule has 0 fully saturated rings. The minimum absolute atomic E-state index is 0.0385. The lowest BCUT2D eigenvalue weighted by molar-refractivity contribution is 0.102. The molecule has 7 heteroatoms. The quantitative estimate of drug-likeness (QED) is 0.206. The summed E-state index contributed by atoms with van der Waals surface area (Å²) in [5.41, 5.74) is 11.5. The number of ether oxygens (including phenoxy) is 1. The van der Waals surface area contributed by atoms with E-state index in [1.165, 1.54) is 0 Å². The number of carbonyl (C=O) groups is 1. The van der Waals surface area contributed by atoms with Gasteiger partial charge in [0.15, 0.2) is 0 Å². The van der Waals surface area contributed by atoms with Crippen LogP contribution in [0.3, 0.4) is 0 Å². The Morgan fingerprint density at radius 1 is 0.872 bits per heavy atom. The Balaban J connectivity index is 1.48. The molecule has 39 heavy (non-hydrogen) atoms. The fraction of sp³-hybridized carbons (Fsp3) is 0.250. The third kappa shape index (κ3) is 7.89. The molecular formula is C32H35N3O4. The molecule has 0 aliphatic carbocycles. The summed E-state index contributed by atoms with van der Waals surface area (Å²) >= 11 is 0. The maximum Gasteiger partial charge on any atom is 0.404 e. The van der Waals surface area contributed by atoms with E-state index in [-0.39, 0.29) is 18.4 Å². The second-order valence-electron chi connectivity index (χ2n) is 9.70. The maximum atomic E-state index is 11.6. The summed E-state index contributed by atoms with van der Waals surface area (Å²) in [5.74, 6) is 0.492. The molecule has 202 valence electrons. The smallest absolute Gasteiger partial charge is 0.404 e. The Morgan fingerprint density at radius 3 is 2.15 bits per heavy atom. The number of methoxy groups -OCH3 is 1. The minimum Gasteiger partial charge on any atom is -0.481 e. The van der Waals surface area contributed by atoms with Gasteiger partial charge in [-0.05, 0) is 42.0 Å². The number of carboxylic acid groups (broad SMARTS) is 1. The average molecular weight is 526 g/mol. The zero-order valence-electron chi connectivity index (χ0n) is 22.0.